The van der Waals surface area contributed by atoms with Crippen LogP contribution in [-0.2, 0) is 18.5 Å². The SMILES string of the molecule is CCNC(=NCc1ncc(C(C)(C)C)o1)N(C)Cc1ccccc1.I. The zero-order valence-electron chi connectivity index (χ0n) is 15.7. The van der Waals surface area contributed by atoms with Crippen molar-refractivity contribution in [3.8, 4) is 0 Å². The largest absolute Gasteiger partial charge is 0.443 e. The quantitative estimate of drug-likeness (QED) is 0.417. The summed E-state index contributed by atoms with van der Waals surface area (Å²) in [6, 6.07) is 10.4. The van der Waals surface area contributed by atoms with Crippen LogP contribution in [0.4, 0.5) is 0 Å². The molecule has 2 aromatic rings. The summed E-state index contributed by atoms with van der Waals surface area (Å²) in [4.78, 5) is 11.1. The Bertz CT molecular complexity index is 662. The van der Waals surface area contributed by atoms with Crippen LogP contribution in [0.2, 0.25) is 0 Å². The summed E-state index contributed by atoms with van der Waals surface area (Å²) in [5.41, 5.74) is 1.21. The van der Waals surface area contributed by atoms with Gasteiger partial charge in [-0.1, -0.05) is 51.1 Å². The second-order valence-electron chi connectivity index (χ2n) is 6.88. The summed E-state index contributed by atoms with van der Waals surface area (Å²) in [6.07, 6.45) is 1.80. The average Bonchev–Trinajstić information content (AvgIpc) is 3.01. The minimum Gasteiger partial charge on any atom is -0.443 e. The molecule has 0 radical (unpaired) electrons. The van der Waals surface area contributed by atoms with E-state index in [1.807, 2.05) is 25.2 Å². The number of rotatable bonds is 5. The molecular weight excluding hydrogens is 427 g/mol. The topological polar surface area (TPSA) is 53.7 Å². The smallest absolute Gasteiger partial charge is 0.216 e. The van der Waals surface area contributed by atoms with Gasteiger partial charge in [-0.2, -0.15) is 0 Å². The zero-order chi connectivity index (χ0) is 17.6. The first-order valence-electron chi connectivity index (χ1n) is 8.38. The maximum atomic E-state index is 5.81. The molecule has 0 saturated heterocycles. The summed E-state index contributed by atoms with van der Waals surface area (Å²) < 4.78 is 5.81. The first-order chi connectivity index (χ1) is 11.4. The molecule has 0 aliphatic carbocycles. The van der Waals surface area contributed by atoms with E-state index in [2.05, 4.69) is 60.0 Å². The minimum atomic E-state index is -0.0381. The van der Waals surface area contributed by atoms with E-state index in [1.165, 1.54) is 5.56 Å². The van der Waals surface area contributed by atoms with Crippen molar-refractivity contribution in [3.63, 3.8) is 0 Å². The van der Waals surface area contributed by atoms with Crippen molar-refractivity contribution in [3.05, 3.63) is 53.7 Å². The number of guanidine groups is 1. The molecule has 0 unspecified atom stereocenters. The molecule has 1 N–H and O–H groups in total. The van der Waals surface area contributed by atoms with E-state index in [0.29, 0.717) is 12.4 Å². The second-order valence-corrected chi connectivity index (χ2v) is 6.88. The van der Waals surface area contributed by atoms with Gasteiger partial charge in [0, 0.05) is 25.6 Å². The van der Waals surface area contributed by atoms with Crippen LogP contribution in [0.1, 0.15) is 44.9 Å². The molecular formula is C19H29IN4O. The lowest BCUT2D eigenvalue weighted by atomic mass is 9.94. The van der Waals surface area contributed by atoms with Crippen LogP contribution in [0.3, 0.4) is 0 Å². The highest BCUT2D eigenvalue weighted by Crippen LogP contribution is 2.22. The van der Waals surface area contributed by atoms with E-state index in [0.717, 1.165) is 24.8 Å². The molecule has 0 aliphatic rings. The first-order valence-corrected chi connectivity index (χ1v) is 8.38. The van der Waals surface area contributed by atoms with Crippen LogP contribution in [0, 0.1) is 0 Å². The Balaban J connectivity index is 0.00000312. The number of nitrogens with zero attached hydrogens (tertiary/aromatic N) is 3. The van der Waals surface area contributed by atoms with Gasteiger partial charge in [0.1, 0.15) is 12.3 Å². The third-order valence-corrected chi connectivity index (χ3v) is 3.62. The van der Waals surface area contributed by atoms with E-state index < -0.39 is 0 Å². The van der Waals surface area contributed by atoms with Gasteiger partial charge >= 0.3 is 0 Å². The van der Waals surface area contributed by atoms with E-state index in [9.17, 15) is 0 Å². The Labute approximate surface area is 168 Å². The Morgan fingerprint density at radius 1 is 1.24 bits per heavy atom. The Kier molecular flexibility index (Phi) is 8.41. The van der Waals surface area contributed by atoms with Crippen LogP contribution in [0.5, 0.6) is 0 Å². The predicted octanol–water partition coefficient (Wildman–Crippen LogP) is 4.19. The highest BCUT2D eigenvalue weighted by atomic mass is 127. The van der Waals surface area contributed by atoms with E-state index in [-0.39, 0.29) is 29.4 Å². The van der Waals surface area contributed by atoms with Crippen LogP contribution in [0.15, 0.2) is 45.9 Å². The Hall–Kier alpha value is -1.57. The second kappa shape index (κ2) is 9.79. The molecule has 5 nitrogen and oxygen atoms in total. The van der Waals surface area contributed by atoms with Crippen molar-refractivity contribution in [2.24, 2.45) is 4.99 Å². The average molecular weight is 456 g/mol. The van der Waals surface area contributed by atoms with Gasteiger partial charge < -0.3 is 14.6 Å². The monoisotopic (exact) mass is 456 g/mol. The van der Waals surface area contributed by atoms with Crippen molar-refractivity contribution in [1.82, 2.24) is 15.2 Å². The molecule has 0 spiro atoms. The molecule has 0 aliphatic heterocycles. The van der Waals surface area contributed by atoms with Crippen molar-refractivity contribution >= 4 is 29.9 Å². The molecule has 1 aromatic heterocycles. The van der Waals surface area contributed by atoms with Gasteiger partial charge in [0.05, 0.1) is 6.20 Å². The van der Waals surface area contributed by atoms with E-state index in [1.54, 1.807) is 6.20 Å². The minimum absolute atomic E-state index is 0. The van der Waals surface area contributed by atoms with Crippen molar-refractivity contribution in [2.75, 3.05) is 13.6 Å². The fourth-order valence-corrected chi connectivity index (χ4v) is 2.27. The molecule has 0 atom stereocenters. The van der Waals surface area contributed by atoms with Gasteiger partial charge in [-0.15, -0.1) is 24.0 Å². The van der Waals surface area contributed by atoms with Gasteiger partial charge in [-0.25, -0.2) is 9.98 Å². The Morgan fingerprint density at radius 2 is 1.92 bits per heavy atom. The standard InChI is InChI=1S/C19H28N4O.HI/c1-6-20-18(23(5)14-15-10-8-7-9-11-15)22-13-17-21-12-16(24-17)19(2,3)4;/h7-12H,6,13-14H2,1-5H3,(H,20,22);1H. The number of halogens is 1. The van der Waals surface area contributed by atoms with Gasteiger partial charge in [0.2, 0.25) is 5.89 Å². The number of oxazole rings is 1. The molecule has 6 heteroatoms. The maximum absolute atomic E-state index is 5.81. The third-order valence-electron chi connectivity index (χ3n) is 3.62. The lowest BCUT2D eigenvalue weighted by Gasteiger charge is -2.22. The summed E-state index contributed by atoms with van der Waals surface area (Å²) in [6.45, 7) is 10.4. The molecule has 0 amide bonds. The van der Waals surface area contributed by atoms with Crippen LogP contribution in [0.25, 0.3) is 0 Å². The van der Waals surface area contributed by atoms with Crippen molar-refractivity contribution < 1.29 is 4.42 Å². The van der Waals surface area contributed by atoms with Gasteiger partial charge in [0.15, 0.2) is 5.96 Å². The zero-order valence-corrected chi connectivity index (χ0v) is 18.1. The summed E-state index contributed by atoms with van der Waals surface area (Å²) >= 11 is 0. The summed E-state index contributed by atoms with van der Waals surface area (Å²) in [7, 11) is 2.03. The van der Waals surface area contributed by atoms with E-state index >= 15 is 0 Å². The number of benzene rings is 1. The summed E-state index contributed by atoms with van der Waals surface area (Å²) in [5, 5.41) is 3.32. The lowest BCUT2D eigenvalue weighted by molar-refractivity contribution is 0.382. The van der Waals surface area contributed by atoms with Crippen molar-refractivity contribution in [2.45, 2.75) is 46.2 Å². The molecule has 0 saturated carbocycles. The number of hydrogen-bond acceptors (Lipinski definition) is 3. The molecule has 1 heterocycles. The lowest BCUT2D eigenvalue weighted by Crippen LogP contribution is -2.38. The van der Waals surface area contributed by atoms with Crippen molar-refractivity contribution in [1.29, 1.82) is 0 Å². The number of aliphatic imine (C=N–C) groups is 1. The van der Waals surface area contributed by atoms with Gasteiger partial charge in [-0.3, -0.25) is 0 Å². The highest BCUT2D eigenvalue weighted by Gasteiger charge is 2.19. The molecule has 1 aromatic carbocycles. The number of nitrogens with one attached hydrogen (secondary N) is 1. The number of aromatic nitrogens is 1. The fourth-order valence-electron chi connectivity index (χ4n) is 2.27. The van der Waals surface area contributed by atoms with E-state index in [4.69, 9.17) is 4.42 Å². The van der Waals surface area contributed by atoms with Crippen LogP contribution < -0.4 is 5.32 Å². The van der Waals surface area contributed by atoms with Crippen LogP contribution in [-0.4, -0.2) is 29.4 Å². The van der Waals surface area contributed by atoms with Gasteiger partial charge in [-0.05, 0) is 12.5 Å². The van der Waals surface area contributed by atoms with Crippen LogP contribution >= 0.6 is 24.0 Å². The fraction of sp³-hybridized carbons (Fsp3) is 0.474. The molecule has 138 valence electrons. The third kappa shape index (κ3) is 6.68. The molecule has 0 bridgehead atoms. The Morgan fingerprint density at radius 3 is 2.48 bits per heavy atom. The van der Waals surface area contributed by atoms with Gasteiger partial charge in [0.25, 0.3) is 0 Å². The molecule has 2 rings (SSSR count). The molecule has 0 fully saturated rings. The predicted molar refractivity (Wildman–Crippen MR) is 113 cm³/mol. The maximum Gasteiger partial charge on any atom is 0.216 e. The normalized spacial score (nSPS) is 11.8. The number of hydrogen-bond donors (Lipinski definition) is 1. The molecule has 25 heavy (non-hydrogen) atoms. The first kappa shape index (κ1) is 21.5. The summed E-state index contributed by atoms with van der Waals surface area (Å²) in [5.74, 6) is 2.37. The highest BCUT2D eigenvalue weighted by molar-refractivity contribution is 14.0.